The third-order valence-electron chi connectivity index (χ3n) is 4.53. The van der Waals surface area contributed by atoms with Crippen LogP contribution in [0.1, 0.15) is 19.3 Å². The molecule has 25 heavy (non-hydrogen) atoms. The van der Waals surface area contributed by atoms with E-state index in [0.29, 0.717) is 13.0 Å². The summed E-state index contributed by atoms with van der Waals surface area (Å²) in [4.78, 5) is 11.8. The third kappa shape index (κ3) is 3.43. The Hall–Kier alpha value is -1.49. The summed E-state index contributed by atoms with van der Waals surface area (Å²) in [5.41, 5.74) is 0.147. The number of sulfonamides is 2. The molecule has 2 aliphatic rings. The van der Waals surface area contributed by atoms with Crippen molar-refractivity contribution in [2.45, 2.75) is 24.2 Å². The number of rotatable bonds is 4. The molecule has 10 heteroatoms. The molecule has 1 unspecified atom stereocenters. The van der Waals surface area contributed by atoms with Gasteiger partial charge in [-0.3, -0.25) is 4.79 Å². The zero-order chi connectivity index (χ0) is 18.2. The molecule has 1 atom stereocenters. The lowest BCUT2D eigenvalue weighted by atomic mass is 10.0. The number of nitrogens with zero attached hydrogens (tertiary/aromatic N) is 2. The van der Waals surface area contributed by atoms with Crippen LogP contribution in [0.4, 0.5) is 5.69 Å². The van der Waals surface area contributed by atoms with E-state index >= 15 is 0 Å². The molecule has 2 saturated heterocycles. The van der Waals surface area contributed by atoms with Gasteiger partial charge in [0.25, 0.3) is 0 Å². The lowest BCUT2D eigenvalue weighted by Crippen LogP contribution is -2.40. The Morgan fingerprint density at radius 3 is 2.44 bits per heavy atom. The van der Waals surface area contributed by atoms with Crippen LogP contribution in [0.5, 0.6) is 0 Å². The predicted molar refractivity (Wildman–Crippen MR) is 90.9 cm³/mol. The van der Waals surface area contributed by atoms with Crippen LogP contribution >= 0.6 is 0 Å². The average molecular weight is 388 g/mol. The second-order valence-electron chi connectivity index (χ2n) is 6.27. The number of aliphatic hydroxyl groups is 1. The van der Waals surface area contributed by atoms with Gasteiger partial charge in [0.2, 0.25) is 26.0 Å². The molecule has 0 aromatic heterocycles. The van der Waals surface area contributed by atoms with E-state index in [2.05, 4.69) is 0 Å². The summed E-state index contributed by atoms with van der Waals surface area (Å²) in [6.45, 7) is 0.596. The van der Waals surface area contributed by atoms with E-state index in [1.807, 2.05) is 0 Å². The van der Waals surface area contributed by atoms with E-state index in [0.717, 1.165) is 10.7 Å². The molecular weight excluding hydrogens is 368 g/mol. The number of anilines is 1. The largest absolute Gasteiger partial charge is 0.396 e. The normalized spacial score (nSPS) is 24.6. The molecule has 2 heterocycles. The molecule has 1 amide bonds. The lowest BCUT2D eigenvalue weighted by molar-refractivity contribution is -0.116. The Morgan fingerprint density at radius 2 is 1.88 bits per heavy atom. The fraction of sp³-hybridized carbons (Fsp3) is 0.533. The Labute approximate surface area is 147 Å². The van der Waals surface area contributed by atoms with Crippen LogP contribution in [-0.4, -0.2) is 57.6 Å². The molecule has 8 nitrogen and oxygen atoms in total. The summed E-state index contributed by atoms with van der Waals surface area (Å²) in [6.07, 6.45) is 1.40. The van der Waals surface area contributed by atoms with Crippen molar-refractivity contribution in [2.75, 3.05) is 29.8 Å². The molecule has 2 aliphatic heterocycles. The number of hydrogen-bond donors (Lipinski definition) is 1. The van der Waals surface area contributed by atoms with Gasteiger partial charge in [0.15, 0.2) is 0 Å². The van der Waals surface area contributed by atoms with Gasteiger partial charge < -0.3 is 5.11 Å². The van der Waals surface area contributed by atoms with Gasteiger partial charge >= 0.3 is 0 Å². The fourth-order valence-corrected chi connectivity index (χ4v) is 6.18. The van der Waals surface area contributed by atoms with E-state index in [1.54, 1.807) is 0 Å². The van der Waals surface area contributed by atoms with Crippen molar-refractivity contribution >= 4 is 31.6 Å². The highest BCUT2D eigenvalue weighted by molar-refractivity contribution is 7.94. The summed E-state index contributed by atoms with van der Waals surface area (Å²) in [5.74, 6) is -0.824. The number of amides is 1. The zero-order valence-corrected chi connectivity index (χ0v) is 15.2. The molecule has 138 valence electrons. The third-order valence-corrected chi connectivity index (χ3v) is 8.10. The minimum atomic E-state index is -3.72. The van der Waals surface area contributed by atoms with E-state index in [4.69, 9.17) is 0 Å². The van der Waals surface area contributed by atoms with Gasteiger partial charge in [0.05, 0.1) is 16.3 Å². The first-order valence-electron chi connectivity index (χ1n) is 8.02. The predicted octanol–water partition coefficient (Wildman–Crippen LogP) is 0.146. The lowest BCUT2D eigenvalue weighted by Gasteiger charge is -2.31. The summed E-state index contributed by atoms with van der Waals surface area (Å²) in [6, 6.07) is 5.30. The fourth-order valence-electron chi connectivity index (χ4n) is 3.17. The van der Waals surface area contributed by atoms with Gasteiger partial charge in [-0.2, -0.15) is 4.31 Å². The van der Waals surface area contributed by atoms with E-state index in [1.165, 1.54) is 28.6 Å². The Bertz CT molecular complexity index is 864. The molecule has 2 fully saturated rings. The SMILES string of the molecule is O=C1CCS(=O)(=O)N1c1ccc(S(=O)(=O)N2CCCC(CO)C2)cc1. The highest BCUT2D eigenvalue weighted by atomic mass is 32.2. The maximum Gasteiger partial charge on any atom is 0.243 e. The van der Waals surface area contributed by atoms with Crippen molar-refractivity contribution in [3.05, 3.63) is 24.3 Å². The zero-order valence-electron chi connectivity index (χ0n) is 13.5. The summed E-state index contributed by atoms with van der Waals surface area (Å²) < 4.78 is 51.4. The van der Waals surface area contributed by atoms with Crippen molar-refractivity contribution in [2.24, 2.45) is 5.92 Å². The van der Waals surface area contributed by atoms with E-state index < -0.39 is 26.0 Å². The number of benzene rings is 1. The quantitative estimate of drug-likeness (QED) is 0.786. The van der Waals surface area contributed by atoms with Gasteiger partial charge in [-0.15, -0.1) is 0 Å². The highest BCUT2D eigenvalue weighted by Gasteiger charge is 2.36. The van der Waals surface area contributed by atoms with Crippen LogP contribution in [0.25, 0.3) is 0 Å². The molecule has 0 spiro atoms. The molecule has 1 aromatic carbocycles. The van der Waals surface area contributed by atoms with Gasteiger partial charge in [0.1, 0.15) is 0 Å². The maximum atomic E-state index is 12.7. The molecular formula is C15H20N2O6S2. The number of carbonyl (C=O) groups is 1. The summed E-state index contributed by atoms with van der Waals surface area (Å²) in [7, 11) is -7.39. The van der Waals surface area contributed by atoms with Crippen LogP contribution in [-0.2, 0) is 24.8 Å². The van der Waals surface area contributed by atoms with Gasteiger partial charge in [0, 0.05) is 26.1 Å². The average Bonchev–Trinajstić information content (AvgIpc) is 2.88. The molecule has 0 radical (unpaired) electrons. The van der Waals surface area contributed by atoms with Crippen molar-refractivity contribution < 1.29 is 26.7 Å². The second-order valence-corrected chi connectivity index (χ2v) is 10.1. The Morgan fingerprint density at radius 1 is 1.20 bits per heavy atom. The number of aliphatic hydroxyl groups excluding tert-OH is 1. The van der Waals surface area contributed by atoms with Gasteiger partial charge in [-0.05, 0) is 43.0 Å². The first-order chi connectivity index (χ1) is 11.8. The van der Waals surface area contributed by atoms with Crippen molar-refractivity contribution in [1.82, 2.24) is 4.31 Å². The van der Waals surface area contributed by atoms with Crippen molar-refractivity contribution in [3.8, 4) is 0 Å². The molecule has 3 rings (SSSR count). The molecule has 0 saturated carbocycles. The molecule has 0 bridgehead atoms. The Balaban J connectivity index is 1.86. The number of piperidine rings is 1. The minimum Gasteiger partial charge on any atom is -0.396 e. The number of carbonyl (C=O) groups excluding carboxylic acids is 1. The molecule has 1 aromatic rings. The smallest absolute Gasteiger partial charge is 0.243 e. The van der Waals surface area contributed by atoms with Crippen molar-refractivity contribution in [1.29, 1.82) is 0 Å². The van der Waals surface area contributed by atoms with Crippen molar-refractivity contribution in [3.63, 3.8) is 0 Å². The van der Waals surface area contributed by atoms with Gasteiger partial charge in [-0.25, -0.2) is 21.1 Å². The standard InChI is InChI=1S/C15H20N2O6S2/c18-11-12-2-1-8-16(10-12)25(22,23)14-5-3-13(4-6-14)17-15(19)7-9-24(17,20)21/h3-6,12,18H,1-2,7-11H2. The van der Waals surface area contributed by atoms with Crippen LogP contribution in [0, 0.1) is 5.92 Å². The summed E-state index contributed by atoms with van der Waals surface area (Å²) in [5, 5.41) is 9.26. The first kappa shape index (κ1) is 18.3. The maximum absolute atomic E-state index is 12.7. The second kappa shape index (κ2) is 6.67. The summed E-state index contributed by atoms with van der Waals surface area (Å²) >= 11 is 0. The first-order valence-corrected chi connectivity index (χ1v) is 11.1. The van der Waals surface area contributed by atoms with E-state index in [-0.39, 0.29) is 41.8 Å². The number of hydrogen-bond acceptors (Lipinski definition) is 6. The van der Waals surface area contributed by atoms with Gasteiger partial charge in [-0.1, -0.05) is 0 Å². The molecule has 1 N–H and O–H groups in total. The molecule has 0 aliphatic carbocycles. The highest BCUT2D eigenvalue weighted by Crippen LogP contribution is 2.28. The minimum absolute atomic E-state index is 0.0406. The Kier molecular flexibility index (Phi) is 4.89. The monoisotopic (exact) mass is 388 g/mol. The van der Waals surface area contributed by atoms with Crippen LogP contribution in [0.15, 0.2) is 29.2 Å². The van der Waals surface area contributed by atoms with E-state index in [9.17, 15) is 26.7 Å². The van der Waals surface area contributed by atoms with Crippen LogP contribution in [0.3, 0.4) is 0 Å². The van der Waals surface area contributed by atoms with Crippen LogP contribution in [0.2, 0.25) is 0 Å². The topological polar surface area (TPSA) is 112 Å². The van der Waals surface area contributed by atoms with Crippen LogP contribution < -0.4 is 4.31 Å².